The summed E-state index contributed by atoms with van der Waals surface area (Å²) in [5.74, 6) is -0.109. The molecule has 22 heavy (non-hydrogen) atoms. The molecule has 1 aromatic rings. The number of hydrogen-bond donors (Lipinski definition) is 1. The summed E-state index contributed by atoms with van der Waals surface area (Å²) in [5, 5.41) is 3.18. The highest BCUT2D eigenvalue weighted by atomic mass is 16.2. The Morgan fingerprint density at radius 3 is 2.41 bits per heavy atom. The van der Waals surface area contributed by atoms with Crippen LogP contribution in [0.5, 0.6) is 0 Å². The fraction of sp³-hybridized carbons (Fsp3) is 0.556. The molecule has 1 saturated carbocycles. The van der Waals surface area contributed by atoms with Crippen LogP contribution in [0.15, 0.2) is 30.3 Å². The molecule has 1 heterocycles. The van der Waals surface area contributed by atoms with E-state index in [0.29, 0.717) is 19.0 Å². The normalized spacial score (nSPS) is 23.4. The zero-order chi connectivity index (χ0) is 15.4. The molecule has 1 saturated heterocycles. The van der Waals surface area contributed by atoms with Crippen LogP contribution < -0.4 is 10.2 Å². The van der Waals surface area contributed by atoms with Gasteiger partial charge in [0, 0.05) is 24.7 Å². The monoisotopic (exact) mass is 300 g/mol. The first kappa shape index (κ1) is 15.1. The average Bonchev–Trinajstić information content (AvgIpc) is 2.75. The SMILES string of the molecule is O=C(NC1CCCCCC1)C1CC(=O)N(c2ccccc2)C1. The van der Waals surface area contributed by atoms with Crippen molar-refractivity contribution in [2.75, 3.05) is 11.4 Å². The summed E-state index contributed by atoms with van der Waals surface area (Å²) in [7, 11) is 0. The summed E-state index contributed by atoms with van der Waals surface area (Å²) in [5.41, 5.74) is 0.886. The van der Waals surface area contributed by atoms with Crippen molar-refractivity contribution in [3.05, 3.63) is 30.3 Å². The molecule has 118 valence electrons. The summed E-state index contributed by atoms with van der Waals surface area (Å²) >= 11 is 0. The maximum Gasteiger partial charge on any atom is 0.227 e. The molecule has 1 aliphatic carbocycles. The van der Waals surface area contributed by atoms with Crippen molar-refractivity contribution in [2.24, 2.45) is 5.92 Å². The van der Waals surface area contributed by atoms with E-state index in [2.05, 4.69) is 5.32 Å². The second-order valence-electron chi connectivity index (χ2n) is 6.44. The van der Waals surface area contributed by atoms with Crippen molar-refractivity contribution in [1.82, 2.24) is 5.32 Å². The summed E-state index contributed by atoms with van der Waals surface area (Å²) in [6.07, 6.45) is 7.43. The van der Waals surface area contributed by atoms with Gasteiger partial charge in [0.25, 0.3) is 0 Å². The maximum atomic E-state index is 12.5. The van der Waals surface area contributed by atoms with Crippen molar-refractivity contribution in [3.8, 4) is 0 Å². The van der Waals surface area contributed by atoms with E-state index in [1.165, 1.54) is 25.7 Å². The van der Waals surface area contributed by atoms with E-state index in [0.717, 1.165) is 18.5 Å². The zero-order valence-corrected chi connectivity index (χ0v) is 13.0. The van der Waals surface area contributed by atoms with Crippen molar-refractivity contribution in [1.29, 1.82) is 0 Å². The molecule has 1 unspecified atom stereocenters. The number of hydrogen-bond acceptors (Lipinski definition) is 2. The molecule has 4 heteroatoms. The number of anilines is 1. The molecule has 2 amide bonds. The fourth-order valence-corrected chi connectivity index (χ4v) is 3.48. The predicted molar refractivity (Wildman–Crippen MR) is 86.5 cm³/mol. The van der Waals surface area contributed by atoms with Gasteiger partial charge in [0.05, 0.1) is 5.92 Å². The van der Waals surface area contributed by atoms with Gasteiger partial charge in [-0.25, -0.2) is 0 Å². The Kier molecular flexibility index (Phi) is 4.76. The molecule has 3 rings (SSSR count). The quantitative estimate of drug-likeness (QED) is 0.873. The van der Waals surface area contributed by atoms with Crippen LogP contribution in [-0.4, -0.2) is 24.4 Å². The molecular formula is C18H24N2O2. The van der Waals surface area contributed by atoms with E-state index in [1.807, 2.05) is 30.3 Å². The number of amides is 2. The fourth-order valence-electron chi connectivity index (χ4n) is 3.48. The highest BCUT2D eigenvalue weighted by molar-refractivity contribution is 6.00. The summed E-state index contributed by atoms with van der Waals surface area (Å²) < 4.78 is 0. The lowest BCUT2D eigenvalue weighted by atomic mass is 10.0. The second-order valence-corrected chi connectivity index (χ2v) is 6.44. The standard InChI is InChI=1S/C18H24N2O2/c21-17-12-14(13-20(17)16-10-6-3-7-11-16)18(22)19-15-8-4-1-2-5-9-15/h3,6-7,10-11,14-15H,1-2,4-5,8-9,12-13H2,(H,19,22). The number of carbonyl (C=O) groups excluding carboxylic acids is 2. The molecule has 4 nitrogen and oxygen atoms in total. The van der Waals surface area contributed by atoms with E-state index >= 15 is 0 Å². The van der Waals surface area contributed by atoms with E-state index in [4.69, 9.17) is 0 Å². The van der Waals surface area contributed by atoms with E-state index in [9.17, 15) is 9.59 Å². The average molecular weight is 300 g/mol. The minimum absolute atomic E-state index is 0.0483. The molecule has 1 aliphatic heterocycles. The van der Waals surface area contributed by atoms with E-state index in [1.54, 1.807) is 4.90 Å². The van der Waals surface area contributed by atoms with Crippen LogP contribution in [-0.2, 0) is 9.59 Å². The minimum Gasteiger partial charge on any atom is -0.353 e. The summed E-state index contributed by atoms with van der Waals surface area (Å²) in [6, 6.07) is 9.91. The number of nitrogens with zero attached hydrogens (tertiary/aromatic N) is 1. The molecule has 1 aromatic carbocycles. The van der Waals surface area contributed by atoms with Crippen LogP contribution in [0.25, 0.3) is 0 Å². The minimum atomic E-state index is -0.212. The van der Waals surface area contributed by atoms with Gasteiger partial charge in [-0.1, -0.05) is 43.9 Å². The smallest absolute Gasteiger partial charge is 0.227 e. The van der Waals surface area contributed by atoms with Gasteiger partial charge in [0.1, 0.15) is 0 Å². The Bertz CT molecular complexity index is 521. The number of carbonyl (C=O) groups is 2. The number of para-hydroxylation sites is 1. The Hall–Kier alpha value is -1.84. The summed E-state index contributed by atoms with van der Waals surface area (Å²) in [6.45, 7) is 0.501. The highest BCUT2D eigenvalue weighted by Gasteiger charge is 2.35. The van der Waals surface area contributed by atoms with Gasteiger partial charge in [-0.05, 0) is 25.0 Å². The molecule has 0 spiro atoms. The van der Waals surface area contributed by atoms with Crippen molar-refractivity contribution in [2.45, 2.75) is 51.0 Å². The predicted octanol–water partition coefficient (Wildman–Crippen LogP) is 2.88. The Morgan fingerprint density at radius 1 is 1.05 bits per heavy atom. The van der Waals surface area contributed by atoms with Crippen molar-refractivity contribution >= 4 is 17.5 Å². The summed E-state index contributed by atoms with van der Waals surface area (Å²) in [4.78, 5) is 26.4. The van der Waals surface area contributed by atoms with Crippen molar-refractivity contribution in [3.63, 3.8) is 0 Å². The Labute approximate surface area is 131 Å². The largest absolute Gasteiger partial charge is 0.353 e. The molecule has 2 fully saturated rings. The molecule has 0 bridgehead atoms. The number of rotatable bonds is 3. The van der Waals surface area contributed by atoms with Gasteiger partial charge in [-0.2, -0.15) is 0 Å². The zero-order valence-electron chi connectivity index (χ0n) is 13.0. The van der Waals surface area contributed by atoms with Gasteiger partial charge < -0.3 is 10.2 Å². The lowest BCUT2D eigenvalue weighted by Gasteiger charge is -2.19. The van der Waals surface area contributed by atoms with Gasteiger partial charge in [0.15, 0.2) is 0 Å². The third-order valence-electron chi connectivity index (χ3n) is 4.77. The topological polar surface area (TPSA) is 49.4 Å². The molecule has 0 aromatic heterocycles. The molecular weight excluding hydrogens is 276 g/mol. The van der Waals surface area contributed by atoms with Crippen LogP contribution in [0.2, 0.25) is 0 Å². The first-order chi connectivity index (χ1) is 10.7. The van der Waals surface area contributed by atoms with Crippen LogP contribution in [0, 0.1) is 5.92 Å². The second kappa shape index (κ2) is 6.95. The van der Waals surface area contributed by atoms with Crippen LogP contribution in [0.4, 0.5) is 5.69 Å². The number of benzene rings is 1. The van der Waals surface area contributed by atoms with Crippen LogP contribution in [0.1, 0.15) is 44.9 Å². The Balaban J connectivity index is 1.59. The first-order valence-electron chi connectivity index (χ1n) is 8.40. The van der Waals surface area contributed by atoms with Gasteiger partial charge in [0.2, 0.25) is 11.8 Å². The van der Waals surface area contributed by atoms with Gasteiger partial charge in [-0.3, -0.25) is 9.59 Å². The van der Waals surface area contributed by atoms with Gasteiger partial charge in [-0.15, -0.1) is 0 Å². The lowest BCUT2D eigenvalue weighted by molar-refractivity contribution is -0.127. The number of nitrogens with one attached hydrogen (secondary N) is 1. The van der Waals surface area contributed by atoms with Crippen LogP contribution in [0.3, 0.4) is 0 Å². The van der Waals surface area contributed by atoms with E-state index < -0.39 is 0 Å². The van der Waals surface area contributed by atoms with E-state index in [-0.39, 0.29) is 17.7 Å². The molecule has 1 N–H and O–H groups in total. The maximum absolute atomic E-state index is 12.5. The highest BCUT2D eigenvalue weighted by Crippen LogP contribution is 2.25. The lowest BCUT2D eigenvalue weighted by Crippen LogP contribution is -2.39. The van der Waals surface area contributed by atoms with Crippen molar-refractivity contribution < 1.29 is 9.59 Å². The molecule has 2 aliphatic rings. The van der Waals surface area contributed by atoms with Crippen LogP contribution >= 0.6 is 0 Å². The third kappa shape index (κ3) is 3.49. The molecule has 1 atom stereocenters. The third-order valence-corrected chi connectivity index (χ3v) is 4.77. The molecule has 0 radical (unpaired) electrons. The first-order valence-corrected chi connectivity index (χ1v) is 8.40. The Morgan fingerprint density at radius 2 is 1.73 bits per heavy atom. The van der Waals surface area contributed by atoms with Gasteiger partial charge >= 0.3 is 0 Å².